The molecule has 2 aliphatic rings. The Balaban J connectivity index is 1.89. The molecule has 0 radical (unpaired) electrons. The summed E-state index contributed by atoms with van der Waals surface area (Å²) in [6.07, 6.45) is 1.96. The first kappa shape index (κ1) is 15.8. The van der Waals surface area contributed by atoms with Gasteiger partial charge in [0, 0.05) is 5.56 Å². The molecule has 2 bridgehead atoms. The van der Waals surface area contributed by atoms with Gasteiger partial charge < -0.3 is 19.1 Å². The van der Waals surface area contributed by atoms with Gasteiger partial charge in [-0.25, -0.2) is 4.79 Å². The van der Waals surface area contributed by atoms with Gasteiger partial charge in [-0.3, -0.25) is 4.79 Å². The van der Waals surface area contributed by atoms with Gasteiger partial charge in [-0.2, -0.15) is 0 Å². The summed E-state index contributed by atoms with van der Waals surface area (Å²) in [6.45, 7) is 3.43. The van der Waals surface area contributed by atoms with Crippen molar-refractivity contribution in [3.63, 3.8) is 0 Å². The molecule has 1 amide bonds. The summed E-state index contributed by atoms with van der Waals surface area (Å²) in [5.74, 6) is -0.122. The average Bonchev–Trinajstić information content (AvgIpc) is 2.82. The molecule has 1 aromatic rings. The zero-order valence-electron chi connectivity index (χ0n) is 13.4. The Bertz CT molecular complexity index is 599. The molecule has 2 saturated heterocycles. The van der Waals surface area contributed by atoms with E-state index in [0.29, 0.717) is 36.7 Å². The van der Waals surface area contributed by atoms with Crippen LogP contribution in [0.15, 0.2) is 18.2 Å². The van der Waals surface area contributed by atoms with Crippen molar-refractivity contribution < 1.29 is 23.8 Å². The van der Waals surface area contributed by atoms with Crippen LogP contribution in [-0.2, 0) is 9.47 Å². The zero-order chi connectivity index (χ0) is 16.4. The van der Waals surface area contributed by atoms with E-state index in [4.69, 9.17) is 14.2 Å². The van der Waals surface area contributed by atoms with Crippen molar-refractivity contribution in [1.82, 2.24) is 4.90 Å². The molecular weight excluding hydrogens is 298 g/mol. The zero-order valence-corrected chi connectivity index (χ0v) is 13.4. The first-order chi connectivity index (χ1) is 11.2. The molecule has 0 saturated carbocycles. The third kappa shape index (κ3) is 2.91. The van der Waals surface area contributed by atoms with Crippen LogP contribution in [0, 0.1) is 0 Å². The monoisotopic (exact) mass is 319 g/mol. The minimum Gasteiger partial charge on any atom is -0.493 e. The van der Waals surface area contributed by atoms with Gasteiger partial charge in [0.05, 0.1) is 39.0 Å². The van der Waals surface area contributed by atoms with E-state index in [2.05, 4.69) is 0 Å². The molecule has 23 heavy (non-hydrogen) atoms. The van der Waals surface area contributed by atoms with E-state index in [9.17, 15) is 9.59 Å². The highest BCUT2D eigenvalue weighted by atomic mass is 16.5. The molecule has 1 aromatic carbocycles. The number of rotatable bonds is 4. The fourth-order valence-electron chi connectivity index (χ4n) is 3.32. The highest BCUT2D eigenvalue weighted by Crippen LogP contribution is 2.31. The number of carbonyl (C=O) groups is 2. The minimum atomic E-state index is -0.473. The van der Waals surface area contributed by atoms with E-state index in [-0.39, 0.29) is 18.0 Å². The van der Waals surface area contributed by atoms with Gasteiger partial charge in [0.25, 0.3) is 5.91 Å². The number of methoxy groups -OCH3 is 1. The van der Waals surface area contributed by atoms with E-state index in [1.165, 1.54) is 7.11 Å². The lowest BCUT2D eigenvalue weighted by atomic mass is 10.1. The molecule has 124 valence electrons. The van der Waals surface area contributed by atoms with Crippen LogP contribution >= 0.6 is 0 Å². The molecule has 0 aromatic heterocycles. The van der Waals surface area contributed by atoms with Crippen molar-refractivity contribution in [3.05, 3.63) is 29.3 Å². The van der Waals surface area contributed by atoms with Crippen LogP contribution in [0.2, 0.25) is 0 Å². The number of hydrogen-bond acceptors (Lipinski definition) is 5. The second-order valence-corrected chi connectivity index (χ2v) is 5.77. The third-order valence-electron chi connectivity index (χ3n) is 4.41. The minimum absolute atomic E-state index is 0.0295. The summed E-state index contributed by atoms with van der Waals surface area (Å²) in [7, 11) is 1.32. The fourth-order valence-corrected chi connectivity index (χ4v) is 3.32. The first-order valence-electron chi connectivity index (χ1n) is 7.91. The molecule has 2 fully saturated rings. The van der Waals surface area contributed by atoms with Crippen molar-refractivity contribution in [3.8, 4) is 5.75 Å². The SMILES string of the molecule is CCOc1cc(C(=O)N2C3CCC2COC3)ccc1C(=O)OC. The number of amides is 1. The van der Waals surface area contributed by atoms with Gasteiger partial charge in [-0.1, -0.05) is 0 Å². The van der Waals surface area contributed by atoms with Gasteiger partial charge >= 0.3 is 5.97 Å². The molecule has 0 aliphatic carbocycles. The smallest absolute Gasteiger partial charge is 0.341 e. The number of benzene rings is 1. The van der Waals surface area contributed by atoms with Crippen molar-refractivity contribution in [2.24, 2.45) is 0 Å². The Morgan fingerprint density at radius 1 is 1.26 bits per heavy atom. The largest absolute Gasteiger partial charge is 0.493 e. The van der Waals surface area contributed by atoms with Crippen LogP contribution in [0.25, 0.3) is 0 Å². The molecule has 6 heteroatoms. The molecule has 0 spiro atoms. The Morgan fingerprint density at radius 3 is 2.57 bits per heavy atom. The maximum Gasteiger partial charge on any atom is 0.341 e. The lowest BCUT2D eigenvalue weighted by molar-refractivity contribution is -0.00718. The van der Waals surface area contributed by atoms with Crippen LogP contribution in [0.3, 0.4) is 0 Å². The Labute approximate surface area is 135 Å². The van der Waals surface area contributed by atoms with Crippen LogP contribution in [-0.4, -0.2) is 55.8 Å². The number of ether oxygens (including phenoxy) is 3. The highest BCUT2D eigenvalue weighted by Gasteiger charge is 2.40. The van der Waals surface area contributed by atoms with Crippen LogP contribution in [0.5, 0.6) is 5.75 Å². The van der Waals surface area contributed by atoms with Gasteiger partial charge in [-0.05, 0) is 38.0 Å². The fraction of sp³-hybridized carbons (Fsp3) is 0.529. The second-order valence-electron chi connectivity index (χ2n) is 5.77. The topological polar surface area (TPSA) is 65.1 Å². The number of hydrogen-bond donors (Lipinski definition) is 0. The summed E-state index contributed by atoms with van der Waals surface area (Å²) in [4.78, 5) is 26.6. The maximum atomic E-state index is 12.9. The summed E-state index contributed by atoms with van der Waals surface area (Å²) in [5, 5.41) is 0. The van der Waals surface area contributed by atoms with E-state index < -0.39 is 5.97 Å². The first-order valence-corrected chi connectivity index (χ1v) is 7.91. The lowest BCUT2D eigenvalue weighted by Gasteiger charge is -2.34. The normalized spacial score (nSPS) is 22.8. The number of carbonyl (C=O) groups excluding carboxylic acids is 2. The molecule has 6 nitrogen and oxygen atoms in total. The molecule has 2 unspecified atom stereocenters. The Hall–Kier alpha value is -2.08. The predicted molar refractivity (Wildman–Crippen MR) is 82.7 cm³/mol. The van der Waals surface area contributed by atoms with E-state index >= 15 is 0 Å². The van der Waals surface area contributed by atoms with Gasteiger partial charge in [0.1, 0.15) is 11.3 Å². The summed E-state index contributed by atoms with van der Waals surface area (Å²) in [5.41, 5.74) is 0.857. The lowest BCUT2D eigenvalue weighted by Crippen LogP contribution is -2.49. The molecule has 3 rings (SSSR count). The van der Waals surface area contributed by atoms with Gasteiger partial charge in [0.15, 0.2) is 0 Å². The maximum absolute atomic E-state index is 12.9. The van der Waals surface area contributed by atoms with Crippen molar-refractivity contribution >= 4 is 11.9 Å². The number of nitrogens with zero attached hydrogens (tertiary/aromatic N) is 1. The van der Waals surface area contributed by atoms with Crippen LogP contribution < -0.4 is 4.74 Å². The van der Waals surface area contributed by atoms with Crippen LogP contribution in [0.4, 0.5) is 0 Å². The molecule has 2 heterocycles. The van der Waals surface area contributed by atoms with Crippen molar-refractivity contribution in [1.29, 1.82) is 0 Å². The van der Waals surface area contributed by atoms with E-state index in [1.54, 1.807) is 18.2 Å². The average molecular weight is 319 g/mol. The molecule has 2 atom stereocenters. The van der Waals surface area contributed by atoms with Crippen LogP contribution in [0.1, 0.15) is 40.5 Å². The molecular formula is C17H21NO5. The summed E-state index contributed by atoms with van der Waals surface area (Å²) >= 11 is 0. The summed E-state index contributed by atoms with van der Waals surface area (Å²) in [6, 6.07) is 5.18. The summed E-state index contributed by atoms with van der Waals surface area (Å²) < 4.78 is 15.8. The predicted octanol–water partition coefficient (Wildman–Crippen LogP) is 1.88. The van der Waals surface area contributed by atoms with E-state index in [0.717, 1.165) is 12.8 Å². The standard InChI is InChI=1S/C17H21NO5/c1-3-23-15-8-11(4-7-14(15)17(20)21-2)16(19)18-12-5-6-13(18)10-22-9-12/h4,7-8,12-13H,3,5-6,9-10H2,1-2H3. The second kappa shape index (κ2) is 6.58. The Morgan fingerprint density at radius 2 is 1.96 bits per heavy atom. The van der Waals surface area contributed by atoms with Gasteiger partial charge in [-0.15, -0.1) is 0 Å². The number of fused-ring (bicyclic) bond motifs is 2. The van der Waals surface area contributed by atoms with Gasteiger partial charge in [0.2, 0.25) is 0 Å². The number of esters is 1. The van der Waals surface area contributed by atoms with Crippen molar-refractivity contribution in [2.45, 2.75) is 31.8 Å². The molecule has 2 aliphatic heterocycles. The van der Waals surface area contributed by atoms with E-state index in [1.807, 2.05) is 11.8 Å². The Kier molecular flexibility index (Phi) is 4.52. The third-order valence-corrected chi connectivity index (χ3v) is 4.41. The molecule has 0 N–H and O–H groups in total. The highest BCUT2D eigenvalue weighted by molar-refractivity contribution is 5.98. The quantitative estimate of drug-likeness (QED) is 0.793. The van der Waals surface area contributed by atoms with Crippen molar-refractivity contribution in [2.75, 3.05) is 26.9 Å². The number of morpholine rings is 1.